The summed E-state index contributed by atoms with van der Waals surface area (Å²) in [5.41, 5.74) is 0.858. The summed E-state index contributed by atoms with van der Waals surface area (Å²) in [6.45, 7) is 6.17. The third kappa shape index (κ3) is 4.64. The van der Waals surface area contributed by atoms with Gasteiger partial charge in [-0.15, -0.1) is 0 Å². The van der Waals surface area contributed by atoms with Gasteiger partial charge in [-0.2, -0.15) is 0 Å². The van der Waals surface area contributed by atoms with Crippen molar-refractivity contribution in [2.45, 2.75) is 11.8 Å². The predicted octanol–water partition coefficient (Wildman–Crippen LogP) is 2.40. The second-order valence-corrected chi connectivity index (χ2v) is 8.05. The van der Waals surface area contributed by atoms with Crippen LogP contribution in [0.2, 0.25) is 0 Å². The van der Waals surface area contributed by atoms with Gasteiger partial charge in [0.05, 0.1) is 4.90 Å². The maximum Gasteiger partial charge on any atom is 0.261 e. The van der Waals surface area contributed by atoms with Crippen LogP contribution in [0.1, 0.15) is 17.3 Å². The van der Waals surface area contributed by atoms with Crippen molar-refractivity contribution in [3.05, 3.63) is 59.9 Å². The van der Waals surface area contributed by atoms with Crippen LogP contribution in [0.5, 0.6) is 0 Å². The van der Waals surface area contributed by atoms with Gasteiger partial charge >= 0.3 is 0 Å². The van der Waals surface area contributed by atoms with Gasteiger partial charge < -0.3 is 9.80 Å². The van der Waals surface area contributed by atoms with E-state index in [1.807, 2.05) is 4.90 Å². The van der Waals surface area contributed by atoms with Gasteiger partial charge in [0.15, 0.2) is 0 Å². The summed E-state index contributed by atoms with van der Waals surface area (Å²) in [4.78, 5) is 16.6. The molecule has 0 aliphatic carbocycles. The first-order chi connectivity index (χ1) is 12.9. The number of rotatable bonds is 5. The highest BCUT2D eigenvalue weighted by Gasteiger charge is 2.21. The topological polar surface area (TPSA) is 69.7 Å². The molecular formula is C19H22FN3O3S. The zero-order valence-corrected chi connectivity index (χ0v) is 15.9. The predicted molar refractivity (Wildman–Crippen MR) is 102 cm³/mol. The standard InChI is InChI=1S/C19H22FN3O3S/c1-2-22-11-13-23(14-12-22)19(24)15-3-7-17(8-4-15)21-27(25,26)18-9-5-16(20)6-10-18/h3-10,21H,2,11-14H2,1H3. The van der Waals surface area contributed by atoms with Gasteiger partial charge in [0.2, 0.25) is 0 Å². The number of halogens is 1. The molecule has 0 aromatic heterocycles. The zero-order valence-electron chi connectivity index (χ0n) is 15.1. The van der Waals surface area contributed by atoms with Gasteiger partial charge in [0.25, 0.3) is 15.9 Å². The molecule has 3 rings (SSSR count). The molecule has 2 aromatic carbocycles. The molecule has 1 fully saturated rings. The second kappa shape index (κ2) is 8.06. The average molecular weight is 391 g/mol. The van der Waals surface area contributed by atoms with Crippen molar-refractivity contribution in [2.75, 3.05) is 37.4 Å². The maximum atomic E-state index is 13.0. The van der Waals surface area contributed by atoms with Crippen molar-refractivity contribution in [2.24, 2.45) is 0 Å². The fourth-order valence-corrected chi connectivity index (χ4v) is 4.02. The molecule has 1 aliphatic heterocycles. The molecule has 0 unspecified atom stereocenters. The molecule has 8 heteroatoms. The van der Waals surface area contributed by atoms with Gasteiger partial charge in [0.1, 0.15) is 5.82 Å². The number of piperazine rings is 1. The van der Waals surface area contributed by atoms with Crippen LogP contribution >= 0.6 is 0 Å². The van der Waals surface area contributed by atoms with E-state index in [2.05, 4.69) is 16.5 Å². The zero-order chi connectivity index (χ0) is 19.4. The summed E-state index contributed by atoms with van der Waals surface area (Å²) in [5, 5.41) is 0. The number of likely N-dealkylation sites (N-methyl/N-ethyl adjacent to an activating group) is 1. The van der Waals surface area contributed by atoms with Crippen molar-refractivity contribution < 1.29 is 17.6 Å². The molecular weight excluding hydrogens is 369 g/mol. The normalized spacial score (nSPS) is 15.6. The molecule has 0 atom stereocenters. The Labute approximate surface area is 158 Å². The number of nitrogens with one attached hydrogen (secondary N) is 1. The number of anilines is 1. The Hall–Kier alpha value is -2.45. The van der Waals surface area contributed by atoms with E-state index in [4.69, 9.17) is 0 Å². The van der Waals surface area contributed by atoms with Crippen molar-refractivity contribution >= 4 is 21.6 Å². The van der Waals surface area contributed by atoms with E-state index in [1.54, 1.807) is 24.3 Å². The molecule has 0 bridgehead atoms. The summed E-state index contributed by atoms with van der Waals surface area (Å²) in [6, 6.07) is 10.9. The lowest BCUT2D eigenvalue weighted by Gasteiger charge is -2.34. The molecule has 0 radical (unpaired) electrons. The van der Waals surface area contributed by atoms with Crippen LogP contribution in [0.3, 0.4) is 0 Å². The summed E-state index contributed by atoms with van der Waals surface area (Å²) in [5.74, 6) is -0.560. The van der Waals surface area contributed by atoms with Crippen molar-refractivity contribution in [3.8, 4) is 0 Å². The summed E-state index contributed by atoms with van der Waals surface area (Å²) >= 11 is 0. The molecule has 1 N–H and O–H groups in total. The van der Waals surface area contributed by atoms with Gasteiger partial charge in [-0.25, -0.2) is 12.8 Å². The van der Waals surface area contributed by atoms with Crippen molar-refractivity contribution in [3.63, 3.8) is 0 Å². The number of hydrogen-bond acceptors (Lipinski definition) is 4. The van der Waals surface area contributed by atoms with E-state index >= 15 is 0 Å². The van der Waals surface area contributed by atoms with Crippen LogP contribution in [-0.2, 0) is 10.0 Å². The summed E-state index contributed by atoms with van der Waals surface area (Å²) < 4.78 is 40.0. The monoisotopic (exact) mass is 391 g/mol. The third-order valence-electron chi connectivity index (χ3n) is 4.61. The molecule has 0 spiro atoms. The number of nitrogens with zero attached hydrogens (tertiary/aromatic N) is 2. The Morgan fingerprint density at radius 1 is 1.00 bits per heavy atom. The second-order valence-electron chi connectivity index (χ2n) is 6.36. The van der Waals surface area contributed by atoms with Crippen molar-refractivity contribution in [1.29, 1.82) is 0 Å². The molecule has 1 amide bonds. The quantitative estimate of drug-likeness (QED) is 0.850. The highest BCUT2D eigenvalue weighted by atomic mass is 32.2. The van der Waals surface area contributed by atoms with Crippen LogP contribution in [0.4, 0.5) is 10.1 Å². The average Bonchev–Trinajstić information content (AvgIpc) is 2.68. The lowest BCUT2D eigenvalue weighted by molar-refractivity contribution is 0.0643. The molecule has 1 heterocycles. The van der Waals surface area contributed by atoms with E-state index in [9.17, 15) is 17.6 Å². The van der Waals surface area contributed by atoms with Crippen LogP contribution < -0.4 is 4.72 Å². The molecule has 1 aliphatic rings. The molecule has 144 valence electrons. The van der Waals surface area contributed by atoms with Crippen LogP contribution in [0, 0.1) is 5.82 Å². The Morgan fingerprint density at radius 2 is 1.59 bits per heavy atom. The number of amides is 1. The first-order valence-electron chi connectivity index (χ1n) is 8.79. The Balaban J connectivity index is 1.66. The molecule has 0 saturated carbocycles. The van der Waals surface area contributed by atoms with Gasteiger partial charge in [0, 0.05) is 37.4 Å². The highest BCUT2D eigenvalue weighted by molar-refractivity contribution is 7.92. The minimum Gasteiger partial charge on any atom is -0.336 e. The third-order valence-corrected chi connectivity index (χ3v) is 6.01. The Bertz CT molecular complexity index is 891. The largest absolute Gasteiger partial charge is 0.336 e. The first-order valence-corrected chi connectivity index (χ1v) is 10.3. The smallest absolute Gasteiger partial charge is 0.261 e. The maximum absolute atomic E-state index is 13.0. The first kappa shape index (κ1) is 19.3. The highest BCUT2D eigenvalue weighted by Crippen LogP contribution is 2.18. The lowest BCUT2D eigenvalue weighted by Crippen LogP contribution is -2.48. The van der Waals surface area contributed by atoms with E-state index < -0.39 is 15.8 Å². The van der Waals surface area contributed by atoms with E-state index in [1.165, 1.54) is 12.1 Å². The van der Waals surface area contributed by atoms with Crippen LogP contribution in [0.15, 0.2) is 53.4 Å². The lowest BCUT2D eigenvalue weighted by atomic mass is 10.1. The summed E-state index contributed by atoms with van der Waals surface area (Å²) in [6.07, 6.45) is 0. The van der Waals surface area contributed by atoms with Gasteiger partial charge in [-0.3, -0.25) is 9.52 Å². The summed E-state index contributed by atoms with van der Waals surface area (Å²) in [7, 11) is -3.81. The minimum atomic E-state index is -3.81. The molecule has 6 nitrogen and oxygen atoms in total. The fourth-order valence-electron chi connectivity index (χ4n) is 2.96. The minimum absolute atomic E-state index is 0.0298. The molecule has 2 aromatic rings. The van der Waals surface area contributed by atoms with Gasteiger partial charge in [-0.1, -0.05) is 6.92 Å². The van der Waals surface area contributed by atoms with Crippen molar-refractivity contribution in [1.82, 2.24) is 9.80 Å². The van der Waals surface area contributed by atoms with Gasteiger partial charge in [-0.05, 0) is 55.1 Å². The Morgan fingerprint density at radius 3 is 2.15 bits per heavy atom. The van der Waals surface area contributed by atoms with E-state index in [-0.39, 0.29) is 10.8 Å². The van der Waals surface area contributed by atoms with Crippen LogP contribution in [0.25, 0.3) is 0 Å². The number of benzene rings is 2. The number of carbonyl (C=O) groups is 1. The van der Waals surface area contributed by atoms with Crippen LogP contribution in [-0.4, -0.2) is 56.8 Å². The van der Waals surface area contributed by atoms with E-state index in [0.717, 1.165) is 31.8 Å². The molecule has 27 heavy (non-hydrogen) atoms. The number of carbonyl (C=O) groups excluding carboxylic acids is 1. The fraction of sp³-hybridized carbons (Fsp3) is 0.316. The number of hydrogen-bond donors (Lipinski definition) is 1. The molecule has 1 saturated heterocycles. The number of sulfonamides is 1. The van der Waals surface area contributed by atoms with E-state index in [0.29, 0.717) is 24.3 Å². The Kier molecular flexibility index (Phi) is 5.76. The SMILES string of the molecule is CCN1CCN(C(=O)c2ccc(NS(=O)(=O)c3ccc(F)cc3)cc2)CC1.